The molecule has 1 heterocycles. The second-order valence-corrected chi connectivity index (χ2v) is 4.36. The Kier molecular flexibility index (Phi) is 4.37. The Labute approximate surface area is 120 Å². The number of hydrogen-bond donors (Lipinski definition) is 1. The highest BCUT2D eigenvalue weighted by Crippen LogP contribution is 2.27. The van der Waals surface area contributed by atoms with E-state index in [4.69, 9.17) is 16.3 Å². The predicted octanol–water partition coefficient (Wildman–Crippen LogP) is 3.26. The Balaban J connectivity index is 2.10. The van der Waals surface area contributed by atoms with E-state index in [1.807, 2.05) is 12.1 Å². The minimum Gasteiger partial charge on any atom is -0.481 e. The fourth-order valence-corrected chi connectivity index (χ4v) is 1.81. The van der Waals surface area contributed by atoms with Gasteiger partial charge in [-0.1, -0.05) is 17.7 Å². The number of nitrogens with zero attached hydrogens (tertiary/aromatic N) is 2. The van der Waals surface area contributed by atoms with Crippen LogP contribution in [-0.4, -0.2) is 17.0 Å². The van der Waals surface area contributed by atoms with Crippen LogP contribution >= 0.6 is 11.6 Å². The summed E-state index contributed by atoms with van der Waals surface area (Å²) >= 11 is 5.75. The van der Waals surface area contributed by atoms with Crippen LogP contribution in [0.5, 0.6) is 5.88 Å². The van der Waals surface area contributed by atoms with Crippen LogP contribution in [0.15, 0.2) is 36.4 Å². The molecule has 0 saturated heterocycles. The molecular weight excluding hydrogens is 282 g/mol. The van der Waals surface area contributed by atoms with Crippen molar-refractivity contribution in [3.63, 3.8) is 0 Å². The fraction of sp³-hybridized carbons (Fsp3) is 0.154. The van der Waals surface area contributed by atoms with E-state index in [2.05, 4.69) is 10.3 Å². The number of aromatic nitrogens is 1. The van der Waals surface area contributed by atoms with Crippen LogP contribution in [0, 0.1) is 10.1 Å². The summed E-state index contributed by atoms with van der Waals surface area (Å²) < 4.78 is 5.03. The van der Waals surface area contributed by atoms with Gasteiger partial charge in [-0.05, 0) is 18.2 Å². The molecule has 2 rings (SSSR count). The molecule has 0 fully saturated rings. The predicted molar refractivity (Wildman–Crippen MR) is 76.2 cm³/mol. The smallest absolute Gasteiger partial charge is 0.289 e. The lowest BCUT2D eigenvalue weighted by molar-refractivity contribution is -0.384. The molecule has 1 aromatic heterocycles. The van der Waals surface area contributed by atoms with E-state index in [0.29, 0.717) is 18.1 Å². The molecule has 2 aromatic rings. The van der Waals surface area contributed by atoms with Gasteiger partial charge in [0.2, 0.25) is 5.88 Å². The van der Waals surface area contributed by atoms with Crippen LogP contribution in [0.1, 0.15) is 5.69 Å². The third-order valence-corrected chi connectivity index (χ3v) is 2.93. The van der Waals surface area contributed by atoms with Crippen LogP contribution in [0.2, 0.25) is 5.02 Å². The number of benzene rings is 1. The lowest BCUT2D eigenvalue weighted by atomic mass is 10.2. The number of ether oxygens (including phenoxy) is 1. The standard InChI is InChI=1S/C13H12ClN3O3/c1-20-13-4-2-3-10(16-13)8-15-9-5-6-11(14)12(7-9)17(18)19/h2-7,15H,8H2,1H3. The van der Waals surface area contributed by atoms with Gasteiger partial charge in [0, 0.05) is 17.8 Å². The van der Waals surface area contributed by atoms with Crippen LogP contribution in [0.25, 0.3) is 0 Å². The molecule has 20 heavy (non-hydrogen) atoms. The lowest BCUT2D eigenvalue weighted by Crippen LogP contribution is -2.03. The van der Waals surface area contributed by atoms with E-state index in [9.17, 15) is 10.1 Å². The van der Waals surface area contributed by atoms with E-state index in [1.54, 1.807) is 19.2 Å². The van der Waals surface area contributed by atoms with Gasteiger partial charge in [0.1, 0.15) is 5.02 Å². The average molecular weight is 294 g/mol. The maximum Gasteiger partial charge on any atom is 0.289 e. The molecule has 1 N–H and O–H groups in total. The summed E-state index contributed by atoms with van der Waals surface area (Å²) in [5.41, 5.74) is 1.24. The summed E-state index contributed by atoms with van der Waals surface area (Å²) in [6.45, 7) is 0.427. The Bertz CT molecular complexity index is 634. The second-order valence-electron chi connectivity index (χ2n) is 3.95. The minimum absolute atomic E-state index is 0.111. The molecule has 104 valence electrons. The van der Waals surface area contributed by atoms with Crippen molar-refractivity contribution in [1.29, 1.82) is 0 Å². The Morgan fingerprint density at radius 2 is 2.20 bits per heavy atom. The first-order chi connectivity index (χ1) is 9.60. The molecule has 7 heteroatoms. The van der Waals surface area contributed by atoms with Gasteiger partial charge in [0.25, 0.3) is 5.69 Å². The first-order valence-corrected chi connectivity index (χ1v) is 6.15. The van der Waals surface area contributed by atoms with E-state index < -0.39 is 4.92 Å². The van der Waals surface area contributed by atoms with E-state index in [0.717, 1.165) is 5.69 Å². The number of methoxy groups -OCH3 is 1. The Morgan fingerprint density at radius 3 is 2.90 bits per heavy atom. The maximum atomic E-state index is 10.8. The highest BCUT2D eigenvalue weighted by molar-refractivity contribution is 6.32. The summed E-state index contributed by atoms with van der Waals surface area (Å²) in [6, 6.07) is 9.96. The third-order valence-electron chi connectivity index (χ3n) is 2.61. The number of hydrogen-bond acceptors (Lipinski definition) is 5. The molecule has 0 radical (unpaired) electrons. The quantitative estimate of drug-likeness (QED) is 0.676. The summed E-state index contributed by atoms with van der Waals surface area (Å²) in [6.07, 6.45) is 0. The van der Waals surface area contributed by atoms with Gasteiger partial charge in [0.15, 0.2) is 0 Å². The summed E-state index contributed by atoms with van der Waals surface area (Å²) in [4.78, 5) is 14.5. The van der Waals surface area contributed by atoms with Crippen LogP contribution in [-0.2, 0) is 6.54 Å². The van der Waals surface area contributed by atoms with Crippen molar-refractivity contribution in [2.75, 3.05) is 12.4 Å². The summed E-state index contributed by atoms with van der Waals surface area (Å²) in [5.74, 6) is 0.520. The van der Waals surface area contributed by atoms with E-state index >= 15 is 0 Å². The summed E-state index contributed by atoms with van der Waals surface area (Å²) in [5, 5.41) is 14.0. The van der Waals surface area contributed by atoms with Crippen LogP contribution in [0.3, 0.4) is 0 Å². The molecule has 0 bridgehead atoms. The van der Waals surface area contributed by atoms with Crippen LogP contribution < -0.4 is 10.1 Å². The van der Waals surface area contributed by atoms with Gasteiger partial charge in [-0.15, -0.1) is 0 Å². The Hall–Kier alpha value is -2.34. The van der Waals surface area contributed by atoms with Crippen LogP contribution in [0.4, 0.5) is 11.4 Å². The lowest BCUT2D eigenvalue weighted by Gasteiger charge is -2.07. The maximum absolute atomic E-state index is 10.8. The van der Waals surface area contributed by atoms with Crippen molar-refractivity contribution in [2.45, 2.75) is 6.54 Å². The van der Waals surface area contributed by atoms with Crippen molar-refractivity contribution in [3.8, 4) is 5.88 Å². The molecule has 0 saturated carbocycles. The monoisotopic (exact) mass is 293 g/mol. The molecule has 1 aromatic carbocycles. The van der Waals surface area contributed by atoms with Gasteiger partial charge in [-0.25, -0.2) is 4.98 Å². The van der Waals surface area contributed by atoms with Crippen molar-refractivity contribution < 1.29 is 9.66 Å². The highest BCUT2D eigenvalue weighted by atomic mass is 35.5. The van der Waals surface area contributed by atoms with Gasteiger partial charge < -0.3 is 10.1 Å². The van der Waals surface area contributed by atoms with Crippen molar-refractivity contribution in [1.82, 2.24) is 4.98 Å². The van der Waals surface area contributed by atoms with Gasteiger partial charge in [-0.2, -0.15) is 0 Å². The molecule has 0 spiro atoms. The first kappa shape index (κ1) is 14.1. The minimum atomic E-state index is -0.517. The first-order valence-electron chi connectivity index (χ1n) is 5.78. The number of anilines is 1. The number of nitro benzene ring substituents is 1. The fourth-order valence-electron chi connectivity index (χ4n) is 1.62. The zero-order chi connectivity index (χ0) is 14.5. The average Bonchev–Trinajstić information content (AvgIpc) is 2.46. The number of nitrogens with one attached hydrogen (secondary N) is 1. The largest absolute Gasteiger partial charge is 0.481 e. The number of nitro groups is 1. The van der Waals surface area contributed by atoms with E-state index in [1.165, 1.54) is 12.1 Å². The van der Waals surface area contributed by atoms with Crippen molar-refractivity contribution in [2.24, 2.45) is 0 Å². The number of pyridine rings is 1. The molecule has 0 aliphatic rings. The second kappa shape index (κ2) is 6.21. The zero-order valence-corrected chi connectivity index (χ0v) is 11.4. The van der Waals surface area contributed by atoms with E-state index in [-0.39, 0.29) is 10.7 Å². The zero-order valence-electron chi connectivity index (χ0n) is 10.7. The number of halogens is 1. The van der Waals surface area contributed by atoms with Gasteiger partial charge in [0.05, 0.1) is 24.3 Å². The molecular formula is C13H12ClN3O3. The van der Waals surface area contributed by atoms with Crippen molar-refractivity contribution in [3.05, 3.63) is 57.2 Å². The Morgan fingerprint density at radius 1 is 1.40 bits per heavy atom. The normalized spacial score (nSPS) is 10.1. The summed E-state index contributed by atoms with van der Waals surface area (Å²) in [7, 11) is 1.54. The van der Waals surface area contributed by atoms with Gasteiger partial charge in [-0.3, -0.25) is 10.1 Å². The molecule has 0 aliphatic heterocycles. The molecule has 0 unspecified atom stereocenters. The third kappa shape index (κ3) is 3.36. The number of rotatable bonds is 5. The topological polar surface area (TPSA) is 77.3 Å². The van der Waals surface area contributed by atoms with Crippen molar-refractivity contribution >= 4 is 23.0 Å². The SMILES string of the molecule is COc1cccc(CNc2ccc(Cl)c([N+](=O)[O-])c2)n1. The molecule has 6 nitrogen and oxygen atoms in total. The molecule has 0 aliphatic carbocycles. The highest BCUT2D eigenvalue weighted by Gasteiger charge is 2.12. The van der Waals surface area contributed by atoms with Gasteiger partial charge >= 0.3 is 0 Å². The molecule has 0 amide bonds. The molecule has 0 atom stereocenters.